The number of ether oxygens (including phenoxy) is 3. The molecule has 9 atom stereocenters. The van der Waals surface area contributed by atoms with E-state index in [1.54, 1.807) is 0 Å². The first-order chi connectivity index (χ1) is 15.9. The van der Waals surface area contributed by atoms with E-state index >= 15 is 0 Å². The van der Waals surface area contributed by atoms with Crippen LogP contribution < -0.4 is 0 Å². The van der Waals surface area contributed by atoms with Crippen LogP contribution in [0.25, 0.3) is 0 Å². The van der Waals surface area contributed by atoms with Crippen molar-refractivity contribution in [3.05, 3.63) is 11.6 Å². The van der Waals surface area contributed by atoms with Gasteiger partial charge in [0.1, 0.15) is 12.4 Å². The van der Waals surface area contributed by atoms with Crippen molar-refractivity contribution in [3.63, 3.8) is 0 Å². The number of methoxy groups -OCH3 is 1. The molecule has 4 aliphatic rings. The van der Waals surface area contributed by atoms with Crippen molar-refractivity contribution >= 4 is 17.5 Å². The molecule has 0 aliphatic heterocycles. The van der Waals surface area contributed by atoms with Crippen LogP contribution in [-0.2, 0) is 28.6 Å². The highest BCUT2D eigenvalue weighted by Crippen LogP contribution is 2.70. The zero-order valence-electron chi connectivity index (χ0n) is 21.4. The lowest BCUT2D eigenvalue weighted by atomic mass is 9.44. The van der Waals surface area contributed by atoms with E-state index in [2.05, 4.69) is 20.8 Å². The van der Waals surface area contributed by atoms with Crippen molar-refractivity contribution in [3.8, 4) is 0 Å². The highest BCUT2D eigenvalue weighted by molar-refractivity contribution is 5.92. The van der Waals surface area contributed by atoms with Crippen molar-refractivity contribution in [2.45, 2.75) is 78.4 Å². The van der Waals surface area contributed by atoms with Crippen molar-refractivity contribution < 1.29 is 33.7 Å². The van der Waals surface area contributed by atoms with E-state index < -0.39 is 23.1 Å². The number of carbonyl (C=O) groups excluding carboxylic acids is 3. The van der Waals surface area contributed by atoms with Crippen LogP contribution in [0.5, 0.6) is 0 Å². The minimum atomic E-state index is -1.21. The number of hydrogen-bond acceptors (Lipinski definition) is 7. The summed E-state index contributed by atoms with van der Waals surface area (Å²) in [7, 11) is 1.53. The Kier molecular flexibility index (Phi) is 6.62. The molecule has 0 heterocycles. The fraction of sp³-hybridized carbons (Fsp3) is 0.815. The highest BCUT2D eigenvalue weighted by atomic mass is 16.7. The Morgan fingerprint density at radius 2 is 1.91 bits per heavy atom. The Morgan fingerprint density at radius 1 is 1.21 bits per heavy atom. The van der Waals surface area contributed by atoms with Crippen LogP contribution in [0.2, 0.25) is 0 Å². The Bertz CT molecular complexity index is 895. The molecule has 3 unspecified atom stereocenters. The number of carbonyl (C=O) groups is 3. The van der Waals surface area contributed by atoms with Crippen molar-refractivity contribution in [2.24, 2.45) is 40.4 Å². The second-order valence-electron chi connectivity index (χ2n) is 11.7. The first-order valence-electron chi connectivity index (χ1n) is 12.6. The number of hydrogen-bond donors (Lipinski definition) is 1. The van der Waals surface area contributed by atoms with E-state index in [1.807, 2.05) is 13.0 Å². The van der Waals surface area contributed by atoms with E-state index in [4.69, 9.17) is 14.2 Å². The smallest absolute Gasteiger partial charge is 0.303 e. The molecule has 0 spiro atoms. The zero-order valence-corrected chi connectivity index (χ0v) is 21.4. The molecule has 4 aliphatic carbocycles. The maximum absolute atomic E-state index is 13.7. The van der Waals surface area contributed by atoms with E-state index in [0.717, 1.165) is 19.3 Å². The Labute approximate surface area is 202 Å². The van der Waals surface area contributed by atoms with Gasteiger partial charge in [0.2, 0.25) is 5.78 Å². The summed E-state index contributed by atoms with van der Waals surface area (Å²) in [5, 5.41) is 11.7. The summed E-state index contributed by atoms with van der Waals surface area (Å²) in [6.07, 6.45) is 4.58. The molecule has 0 aromatic rings. The summed E-state index contributed by atoms with van der Waals surface area (Å²) in [5.74, 6) is -0.0656. The lowest BCUT2D eigenvalue weighted by molar-refractivity contribution is -0.225. The number of allylic oxidation sites excluding steroid dienone is 1. The maximum atomic E-state index is 13.7. The van der Waals surface area contributed by atoms with Gasteiger partial charge in [0.15, 0.2) is 12.4 Å². The van der Waals surface area contributed by atoms with Gasteiger partial charge < -0.3 is 19.3 Å². The number of aliphatic hydroxyl groups is 1. The van der Waals surface area contributed by atoms with Gasteiger partial charge in [0.05, 0.1) is 6.10 Å². The lowest BCUT2D eigenvalue weighted by Crippen LogP contribution is -2.64. The summed E-state index contributed by atoms with van der Waals surface area (Å²) in [5.41, 5.74) is -0.880. The Hall–Kier alpha value is -1.57. The minimum absolute atomic E-state index is 0.0371. The third-order valence-electron chi connectivity index (χ3n) is 9.98. The zero-order chi connectivity index (χ0) is 25.1. The third-order valence-corrected chi connectivity index (χ3v) is 9.98. The molecule has 0 saturated heterocycles. The largest absolute Gasteiger partial charge is 0.458 e. The molecule has 190 valence electrons. The quantitative estimate of drug-likeness (QED) is 0.463. The molecule has 1 N–H and O–H groups in total. The third kappa shape index (κ3) is 3.53. The molecule has 7 heteroatoms. The second-order valence-corrected chi connectivity index (χ2v) is 11.7. The molecule has 3 saturated carbocycles. The van der Waals surface area contributed by atoms with E-state index in [0.29, 0.717) is 12.8 Å². The summed E-state index contributed by atoms with van der Waals surface area (Å²) in [6.45, 7) is 9.41. The van der Waals surface area contributed by atoms with E-state index in [1.165, 1.54) is 19.6 Å². The SMILES string of the molecule is COCO[C@]1(C(=O)COC(C)=O)C(C)C[C@H]2[C@@H]3CC(C)C4=CC(=O)CC[C@]4(C)[C@H]3C(O)C[C@@]21C. The average molecular weight is 477 g/mol. The predicted molar refractivity (Wildman–Crippen MR) is 125 cm³/mol. The molecule has 7 nitrogen and oxygen atoms in total. The summed E-state index contributed by atoms with van der Waals surface area (Å²) in [6, 6.07) is 0. The average Bonchev–Trinajstić information content (AvgIpc) is 2.98. The van der Waals surface area contributed by atoms with Gasteiger partial charge in [-0.2, -0.15) is 0 Å². The standard InChI is InChI=1S/C27H40O7/c1-15-9-19-21-10-16(2)27(34-14-32-6,23(31)13-33-17(3)28)26(21,5)12-22(30)24(19)25(4)8-7-18(29)11-20(15)25/h11,15-16,19,21-22,24,30H,7-10,12-14H2,1-6H3/t15?,16?,19-,21-,22?,24+,25-,26-,27-/m0/s1. The minimum Gasteiger partial charge on any atom is -0.458 e. The second kappa shape index (κ2) is 8.82. The Morgan fingerprint density at radius 3 is 2.56 bits per heavy atom. The summed E-state index contributed by atoms with van der Waals surface area (Å²) < 4.78 is 16.7. The molecule has 4 rings (SSSR count). The summed E-state index contributed by atoms with van der Waals surface area (Å²) in [4.78, 5) is 37.5. The normalized spacial score (nSPS) is 45.6. The van der Waals surface area contributed by atoms with Crippen LogP contribution in [0.3, 0.4) is 0 Å². The van der Waals surface area contributed by atoms with Gasteiger partial charge in [-0.25, -0.2) is 0 Å². The monoisotopic (exact) mass is 476 g/mol. The van der Waals surface area contributed by atoms with Crippen LogP contribution in [0.15, 0.2) is 11.6 Å². The molecule has 0 radical (unpaired) electrons. The van der Waals surface area contributed by atoms with E-state index in [9.17, 15) is 19.5 Å². The molecule has 0 aromatic heterocycles. The first kappa shape index (κ1) is 25.5. The van der Waals surface area contributed by atoms with Gasteiger partial charge >= 0.3 is 5.97 Å². The number of esters is 1. The number of Topliss-reactive ketones (excluding diaryl/α,β-unsaturated/α-hetero) is 1. The predicted octanol–water partition coefficient (Wildman–Crippen LogP) is 3.47. The Balaban J connectivity index is 1.77. The van der Waals surface area contributed by atoms with Crippen molar-refractivity contribution in [1.29, 1.82) is 0 Å². The molecule has 34 heavy (non-hydrogen) atoms. The number of fused-ring (bicyclic) bond motifs is 5. The molecule has 0 amide bonds. The van der Waals surface area contributed by atoms with E-state index in [-0.39, 0.29) is 60.0 Å². The molecular weight excluding hydrogens is 436 g/mol. The van der Waals surface area contributed by atoms with Gasteiger partial charge in [-0.05, 0) is 66.8 Å². The molecule has 3 fully saturated rings. The fourth-order valence-electron chi connectivity index (χ4n) is 8.84. The molecular formula is C27H40O7. The van der Waals surface area contributed by atoms with Gasteiger partial charge in [0, 0.05) is 25.9 Å². The van der Waals surface area contributed by atoms with Crippen LogP contribution in [0, 0.1) is 40.4 Å². The van der Waals surface area contributed by atoms with Crippen LogP contribution in [0.1, 0.15) is 66.7 Å². The van der Waals surface area contributed by atoms with Gasteiger partial charge in [-0.1, -0.05) is 33.3 Å². The number of aliphatic hydroxyl groups excluding tert-OH is 1. The van der Waals surface area contributed by atoms with Crippen molar-refractivity contribution in [1.82, 2.24) is 0 Å². The highest BCUT2D eigenvalue weighted by Gasteiger charge is 2.72. The van der Waals surface area contributed by atoms with Crippen molar-refractivity contribution in [2.75, 3.05) is 20.5 Å². The number of rotatable bonds is 6. The molecule has 0 bridgehead atoms. The fourth-order valence-corrected chi connectivity index (χ4v) is 8.84. The maximum Gasteiger partial charge on any atom is 0.303 e. The lowest BCUT2D eigenvalue weighted by Gasteiger charge is -2.62. The van der Waals surface area contributed by atoms with Crippen LogP contribution in [0.4, 0.5) is 0 Å². The molecule has 0 aromatic carbocycles. The van der Waals surface area contributed by atoms with Crippen LogP contribution in [-0.4, -0.2) is 54.9 Å². The number of ketones is 2. The van der Waals surface area contributed by atoms with Crippen LogP contribution >= 0.6 is 0 Å². The first-order valence-corrected chi connectivity index (χ1v) is 12.6. The topological polar surface area (TPSA) is 99.1 Å². The summed E-state index contributed by atoms with van der Waals surface area (Å²) >= 11 is 0. The van der Waals surface area contributed by atoms with Gasteiger partial charge in [-0.3, -0.25) is 14.4 Å². The van der Waals surface area contributed by atoms with Gasteiger partial charge in [0.25, 0.3) is 0 Å². The van der Waals surface area contributed by atoms with Gasteiger partial charge in [-0.15, -0.1) is 0 Å².